The molecule has 0 atom stereocenters. The summed E-state index contributed by atoms with van der Waals surface area (Å²) < 4.78 is 0. The van der Waals surface area contributed by atoms with Crippen molar-refractivity contribution < 1.29 is 14.7 Å². The zero-order valence-corrected chi connectivity index (χ0v) is 10.2. The number of hydrogen-bond acceptors (Lipinski definition) is 2. The molecule has 4 heteroatoms. The van der Waals surface area contributed by atoms with Gasteiger partial charge in [-0.3, -0.25) is 9.59 Å². The number of carboxylic acid groups (broad SMARTS) is 1. The molecule has 0 spiro atoms. The van der Waals surface area contributed by atoms with Gasteiger partial charge in [0.25, 0.3) is 5.91 Å². The predicted octanol–water partition coefficient (Wildman–Crippen LogP) is 2.57. The van der Waals surface area contributed by atoms with E-state index >= 15 is 0 Å². The summed E-state index contributed by atoms with van der Waals surface area (Å²) in [5.41, 5.74) is 1.64. The Hall–Kier alpha value is -2.62. The molecule has 2 aromatic rings. The van der Waals surface area contributed by atoms with Crippen LogP contribution >= 0.6 is 0 Å². The molecule has 2 aromatic carbocycles. The Morgan fingerprint density at radius 3 is 2.26 bits per heavy atom. The summed E-state index contributed by atoms with van der Waals surface area (Å²) in [5, 5.41) is 11.6. The van der Waals surface area contributed by atoms with E-state index in [1.165, 1.54) is 0 Å². The van der Waals surface area contributed by atoms with Gasteiger partial charge in [-0.05, 0) is 23.8 Å². The number of aliphatic carboxylic acids is 1. The summed E-state index contributed by atoms with van der Waals surface area (Å²) in [6.45, 7) is 0. The van der Waals surface area contributed by atoms with Gasteiger partial charge in [-0.25, -0.2) is 0 Å². The minimum Gasteiger partial charge on any atom is -0.481 e. The first-order valence-corrected chi connectivity index (χ1v) is 5.83. The maximum absolute atomic E-state index is 12.0. The number of rotatable bonds is 4. The van der Waals surface area contributed by atoms with Crippen molar-refractivity contribution in [2.45, 2.75) is 6.42 Å². The molecule has 0 aliphatic rings. The Balaban J connectivity index is 2.19. The largest absolute Gasteiger partial charge is 0.481 e. The van der Waals surface area contributed by atoms with Gasteiger partial charge in [-0.1, -0.05) is 36.4 Å². The molecule has 0 heterocycles. The van der Waals surface area contributed by atoms with Gasteiger partial charge in [-0.2, -0.15) is 0 Å². The molecule has 96 valence electrons. The van der Waals surface area contributed by atoms with Crippen molar-refractivity contribution >= 4 is 17.6 Å². The number of amides is 1. The minimum atomic E-state index is -0.929. The molecule has 0 aromatic heterocycles. The van der Waals surface area contributed by atoms with Gasteiger partial charge in [0.15, 0.2) is 0 Å². The zero-order valence-electron chi connectivity index (χ0n) is 10.2. The molecule has 0 fully saturated rings. The third kappa shape index (κ3) is 3.42. The van der Waals surface area contributed by atoms with Crippen LogP contribution in [0.5, 0.6) is 0 Å². The molecule has 4 nitrogen and oxygen atoms in total. The van der Waals surface area contributed by atoms with Crippen LogP contribution in [0.15, 0.2) is 54.6 Å². The van der Waals surface area contributed by atoms with Crippen LogP contribution < -0.4 is 5.32 Å². The van der Waals surface area contributed by atoms with E-state index in [9.17, 15) is 9.59 Å². The number of anilines is 1. The molecule has 0 unspecified atom stereocenters. The molecule has 1 amide bonds. The van der Waals surface area contributed by atoms with E-state index in [0.717, 1.165) is 0 Å². The summed E-state index contributed by atoms with van der Waals surface area (Å²) in [5.74, 6) is -1.18. The Kier molecular flexibility index (Phi) is 3.93. The number of benzene rings is 2. The lowest BCUT2D eigenvalue weighted by Gasteiger charge is -2.09. The van der Waals surface area contributed by atoms with Gasteiger partial charge in [0.2, 0.25) is 0 Å². The topological polar surface area (TPSA) is 66.4 Å². The van der Waals surface area contributed by atoms with Crippen LogP contribution in [0.3, 0.4) is 0 Å². The second kappa shape index (κ2) is 5.82. The van der Waals surface area contributed by atoms with Gasteiger partial charge in [0.05, 0.1) is 6.42 Å². The van der Waals surface area contributed by atoms with Crippen molar-refractivity contribution in [1.82, 2.24) is 0 Å². The van der Waals surface area contributed by atoms with Crippen molar-refractivity contribution in [3.05, 3.63) is 65.7 Å². The lowest BCUT2D eigenvalue weighted by molar-refractivity contribution is -0.136. The molecule has 0 saturated heterocycles. The number of carboxylic acids is 1. The van der Waals surface area contributed by atoms with Crippen molar-refractivity contribution in [2.24, 2.45) is 0 Å². The molecule has 0 aliphatic carbocycles. The predicted molar refractivity (Wildman–Crippen MR) is 72.2 cm³/mol. The van der Waals surface area contributed by atoms with Gasteiger partial charge in [0, 0.05) is 11.3 Å². The smallest absolute Gasteiger partial charge is 0.307 e. The van der Waals surface area contributed by atoms with E-state index in [4.69, 9.17) is 5.11 Å². The van der Waals surface area contributed by atoms with Crippen LogP contribution in [0.1, 0.15) is 15.9 Å². The molecule has 0 bridgehead atoms. The van der Waals surface area contributed by atoms with Crippen LogP contribution in [0.2, 0.25) is 0 Å². The highest BCUT2D eigenvalue weighted by Crippen LogP contribution is 2.16. The summed E-state index contributed by atoms with van der Waals surface area (Å²) in [4.78, 5) is 22.8. The Labute approximate surface area is 110 Å². The highest BCUT2D eigenvalue weighted by molar-refractivity contribution is 6.04. The normalized spacial score (nSPS) is 9.89. The fourth-order valence-electron chi connectivity index (χ4n) is 1.74. The standard InChI is InChI=1S/C15H13NO3/c17-14(18)10-12-8-4-5-9-13(12)16-15(19)11-6-2-1-3-7-11/h1-9H,10H2,(H,16,19)(H,17,18). The number of hydrogen-bond donors (Lipinski definition) is 2. The Morgan fingerprint density at radius 2 is 1.58 bits per heavy atom. The number of para-hydroxylation sites is 1. The Bertz CT molecular complexity index is 593. The number of carbonyl (C=O) groups is 2. The monoisotopic (exact) mass is 255 g/mol. The second-order valence-electron chi connectivity index (χ2n) is 4.05. The van der Waals surface area contributed by atoms with E-state index < -0.39 is 5.97 Å². The number of carbonyl (C=O) groups excluding carboxylic acids is 1. The fraction of sp³-hybridized carbons (Fsp3) is 0.0667. The summed E-state index contributed by atoms with van der Waals surface area (Å²) in [6.07, 6.45) is -0.120. The Morgan fingerprint density at radius 1 is 0.947 bits per heavy atom. The summed E-state index contributed by atoms with van der Waals surface area (Å²) in [7, 11) is 0. The van der Waals surface area contributed by atoms with Gasteiger partial charge >= 0.3 is 5.97 Å². The van der Waals surface area contributed by atoms with Crippen LogP contribution in [0, 0.1) is 0 Å². The van der Waals surface area contributed by atoms with Crippen molar-refractivity contribution in [1.29, 1.82) is 0 Å². The molecule has 0 saturated carbocycles. The lowest BCUT2D eigenvalue weighted by Crippen LogP contribution is -2.14. The van der Waals surface area contributed by atoms with Crippen LogP contribution in [-0.2, 0) is 11.2 Å². The van der Waals surface area contributed by atoms with E-state index in [-0.39, 0.29) is 12.3 Å². The highest BCUT2D eigenvalue weighted by Gasteiger charge is 2.10. The minimum absolute atomic E-state index is 0.120. The van der Waals surface area contributed by atoms with Crippen LogP contribution in [0.4, 0.5) is 5.69 Å². The molecule has 2 rings (SSSR count). The molecular formula is C15H13NO3. The SMILES string of the molecule is O=C(O)Cc1ccccc1NC(=O)c1ccccc1. The quantitative estimate of drug-likeness (QED) is 0.882. The van der Waals surface area contributed by atoms with E-state index in [2.05, 4.69) is 5.32 Å². The van der Waals surface area contributed by atoms with Crippen molar-refractivity contribution in [3.63, 3.8) is 0 Å². The van der Waals surface area contributed by atoms with Crippen LogP contribution in [0.25, 0.3) is 0 Å². The summed E-state index contributed by atoms with van der Waals surface area (Å²) >= 11 is 0. The lowest BCUT2D eigenvalue weighted by atomic mass is 10.1. The third-order valence-corrected chi connectivity index (χ3v) is 2.64. The molecular weight excluding hydrogens is 242 g/mol. The van der Waals surface area contributed by atoms with Crippen LogP contribution in [-0.4, -0.2) is 17.0 Å². The molecule has 0 radical (unpaired) electrons. The number of nitrogens with one attached hydrogen (secondary N) is 1. The van der Waals surface area contributed by atoms with Crippen molar-refractivity contribution in [2.75, 3.05) is 5.32 Å². The van der Waals surface area contributed by atoms with Gasteiger partial charge < -0.3 is 10.4 Å². The summed E-state index contributed by atoms with van der Waals surface area (Å²) in [6, 6.07) is 15.7. The van der Waals surface area contributed by atoms with Crippen molar-refractivity contribution in [3.8, 4) is 0 Å². The van der Waals surface area contributed by atoms with Gasteiger partial charge in [-0.15, -0.1) is 0 Å². The average molecular weight is 255 g/mol. The first kappa shape index (κ1) is 12.8. The average Bonchev–Trinajstić information content (AvgIpc) is 2.41. The highest BCUT2D eigenvalue weighted by atomic mass is 16.4. The third-order valence-electron chi connectivity index (χ3n) is 2.64. The second-order valence-corrected chi connectivity index (χ2v) is 4.05. The first-order chi connectivity index (χ1) is 9.16. The zero-order chi connectivity index (χ0) is 13.7. The maximum Gasteiger partial charge on any atom is 0.307 e. The molecule has 19 heavy (non-hydrogen) atoms. The van der Waals surface area contributed by atoms with E-state index in [0.29, 0.717) is 16.8 Å². The molecule has 0 aliphatic heterocycles. The maximum atomic E-state index is 12.0. The van der Waals surface area contributed by atoms with Gasteiger partial charge in [0.1, 0.15) is 0 Å². The fourth-order valence-corrected chi connectivity index (χ4v) is 1.74. The first-order valence-electron chi connectivity index (χ1n) is 5.83. The van der Waals surface area contributed by atoms with E-state index in [1.54, 1.807) is 48.5 Å². The molecule has 2 N–H and O–H groups in total. The van der Waals surface area contributed by atoms with E-state index in [1.807, 2.05) is 6.07 Å².